The maximum absolute atomic E-state index is 5.26. The Morgan fingerprint density at radius 2 is 2.00 bits per heavy atom. The number of nitrogens with one attached hydrogen (secondary N) is 1. The van der Waals surface area contributed by atoms with Crippen LogP contribution in [0.15, 0.2) is 22.7 Å². The first-order chi connectivity index (χ1) is 9.57. The molecule has 0 saturated heterocycles. The molecule has 0 atom stereocenters. The topological polar surface area (TPSA) is 24.5 Å². The average molecular weight is 341 g/mol. The molecule has 1 aromatic carbocycles. The van der Waals surface area contributed by atoms with Gasteiger partial charge in [0.1, 0.15) is 5.75 Å². The first kappa shape index (κ1) is 15.8. The summed E-state index contributed by atoms with van der Waals surface area (Å²) in [6.07, 6.45) is 5.32. The fraction of sp³-hybridized carbons (Fsp3) is 0.625. The Kier molecular flexibility index (Phi) is 5.47. The van der Waals surface area contributed by atoms with E-state index in [0.717, 1.165) is 23.3 Å². The van der Waals surface area contributed by atoms with Gasteiger partial charge in [-0.05, 0) is 60.6 Å². The van der Waals surface area contributed by atoms with E-state index in [2.05, 4.69) is 52.4 Å². The van der Waals surface area contributed by atoms with Crippen molar-refractivity contribution < 1.29 is 4.74 Å². The molecule has 1 aliphatic rings. The largest absolute Gasteiger partial charge is 0.496 e. The van der Waals surface area contributed by atoms with Crippen molar-refractivity contribution in [1.82, 2.24) is 10.2 Å². The Labute approximate surface area is 130 Å². The van der Waals surface area contributed by atoms with Gasteiger partial charge < -0.3 is 15.0 Å². The first-order valence-corrected chi connectivity index (χ1v) is 8.07. The van der Waals surface area contributed by atoms with Gasteiger partial charge in [-0.15, -0.1) is 0 Å². The molecule has 0 heterocycles. The van der Waals surface area contributed by atoms with Gasteiger partial charge >= 0.3 is 0 Å². The zero-order chi connectivity index (χ0) is 14.6. The number of methoxy groups -OCH3 is 1. The Morgan fingerprint density at radius 3 is 2.55 bits per heavy atom. The summed E-state index contributed by atoms with van der Waals surface area (Å²) in [5.41, 5.74) is 1.63. The van der Waals surface area contributed by atoms with Crippen molar-refractivity contribution in [2.24, 2.45) is 0 Å². The fourth-order valence-corrected chi connectivity index (χ4v) is 3.66. The quantitative estimate of drug-likeness (QED) is 0.858. The molecule has 0 radical (unpaired) electrons. The summed E-state index contributed by atoms with van der Waals surface area (Å²) in [6, 6.07) is 6.26. The average Bonchev–Trinajstić information content (AvgIpc) is 2.89. The number of likely N-dealkylation sites (N-methyl/N-ethyl adjacent to an activating group) is 1. The SMILES string of the molecule is COc1ccc(CNCC2(N(C)C)CCCC2)cc1Br. The number of benzene rings is 1. The molecule has 0 unspecified atom stereocenters. The molecule has 1 aliphatic carbocycles. The van der Waals surface area contributed by atoms with E-state index in [-0.39, 0.29) is 0 Å². The Hall–Kier alpha value is -0.580. The van der Waals surface area contributed by atoms with Crippen LogP contribution in [0.5, 0.6) is 5.75 Å². The van der Waals surface area contributed by atoms with Gasteiger partial charge in [-0.25, -0.2) is 0 Å². The van der Waals surface area contributed by atoms with Gasteiger partial charge in [-0.3, -0.25) is 0 Å². The monoisotopic (exact) mass is 340 g/mol. The van der Waals surface area contributed by atoms with Crippen LogP contribution in [-0.4, -0.2) is 38.2 Å². The van der Waals surface area contributed by atoms with Gasteiger partial charge in [-0.1, -0.05) is 18.9 Å². The molecular weight excluding hydrogens is 316 g/mol. The normalized spacial score (nSPS) is 17.6. The van der Waals surface area contributed by atoms with Crippen molar-refractivity contribution in [3.05, 3.63) is 28.2 Å². The molecule has 1 N–H and O–H groups in total. The summed E-state index contributed by atoms with van der Waals surface area (Å²) in [6.45, 7) is 1.96. The van der Waals surface area contributed by atoms with Crippen molar-refractivity contribution >= 4 is 15.9 Å². The lowest BCUT2D eigenvalue weighted by atomic mass is 9.96. The third-order valence-electron chi connectivity index (χ3n) is 4.48. The van der Waals surface area contributed by atoms with Crippen LogP contribution in [0.25, 0.3) is 0 Å². The molecule has 0 amide bonds. The molecular formula is C16H25BrN2O. The number of nitrogens with zero attached hydrogens (tertiary/aromatic N) is 1. The molecule has 0 aromatic heterocycles. The van der Waals surface area contributed by atoms with E-state index in [1.807, 2.05) is 6.07 Å². The second kappa shape index (κ2) is 6.92. The maximum Gasteiger partial charge on any atom is 0.133 e. The minimum absolute atomic E-state index is 0.351. The van der Waals surface area contributed by atoms with Crippen LogP contribution in [0.3, 0.4) is 0 Å². The van der Waals surface area contributed by atoms with Crippen molar-refractivity contribution in [2.45, 2.75) is 37.8 Å². The molecule has 2 rings (SSSR count). The van der Waals surface area contributed by atoms with E-state index in [1.165, 1.54) is 31.2 Å². The highest BCUT2D eigenvalue weighted by molar-refractivity contribution is 9.10. The van der Waals surface area contributed by atoms with E-state index in [1.54, 1.807) is 7.11 Å². The van der Waals surface area contributed by atoms with Crippen LogP contribution in [0.4, 0.5) is 0 Å². The van der Waals surface area contributed by atoms with Crippen molar-refractivity contribution in [2.75, 3.05) is 27.7 Å². The van der Waals surface area contributed by atoms with Gasteiger partial charge in [0.15, 0.2) is 0 Å². The number of hydrogen-bond donors (Lipinski definition) is 1. The van der Waals surface area contributed by atoms with Crippen LogP contribution in [0.2, 0.25) is 0 Å². The van der Waals surface area contributed by atoms with Crippen molar-refractivity contribution in [3.63, 3.8) is 0 Å². The van der Waals surface area contributed by atoms with Gasteiger partial charge in [0, 0.05) is 18.6 Å². The molecule has 0 spiro atoms. The molecule has 1 aromatic rings. The zero-order valence-corrected chi connectivity index (χ0v) is 14.3. The van der Waals surface area contributed by atoms with Crippen LogP contribution in [0.1, 0.15) is 31.2 Å². The highest BCUT2D eigenvalue weighted by Crippen LogP contribution is 2.33. The third kappa shape index (κ3) is 3.54. The minimum Gasteiger partial charge on any atom is -0.496 e. The van der Waals surface area contributed by atoms with E-state index in [4.69, 9.17) is 4.74 Å². The molecule has 4 heteroatoms. The van der Waals surface area contributed by atoms with E-state index >= 15 is 0 Å². The molecule has 3 nitrogen and oxygen atoms in total. The molecule has 0 bridgehead atoms. The number of ether oxygens (including phenoxy) is 1. The molecule has 20 heavy (non-hydrogen) atoms. The summed E-state index contributed by atoms with van der Waals surface area (Å²) >= 11 is 3.54. The summed E-state index contributed by atoms with van der Waals surface area (Å²) < 4.78 is 6.28. The summed E-state index contributed by atoms with van der Waals surface area (Å²) in [5.74, 6) is 0.884. The molecule has 0 aliphatic heterocycles. The number of hydrogen-bond acceptors (Lipinski definition) is 3. The standard InChI is InChI=1S/C16H25BrN2O/c1-19(2)16(8-4-5-9-16)12-18-11-13-6-7-15(20-3)14(17)10-13/h6-7,10,18H,4-5,8-9,11-12H2,1-3H3. The number of rotatable bonds is 6. The summed E-state index contributed by atoms with van der Waals surface area (Å²) in [7, 11) is 6.10. The summed E-state index contributed by atoms with van der Waals surface area (Å²) in [5, 5.41) is 3.63. The fourth-order valence-electron chi connectivity index (χ4n) is 3.07. The van der Waals surface area contributed by atoms with Gasteiger partial charge in [-0.2, -0.15) is 0 Å². The van der Waals surface area contributed by atoms with Crippen molar-refractivity contribution in [3.8, 4) is 5.75 Å². The van der Waals surface area contributed by atoms with Gasteiger partial charge in [0.2, 0.25) is 0 Å². The minimum atomic E-state index is 0.351. The summed E-state index contributed by atoms with van der Waals surface area (Å²) in [4.78, 5) is 2.40. The lowest BCUT2D eigenvalue weighted by Gasteiger charge is -2.36. The van der Waals surface area contributed by atoms with E-state index in [9.17, 15) is 0 Å². The highest BCUT2D eigenvalue weighted by Gasteiger charge is 2.35. The number of halogens is 1. The van der Waals surface area contributed by atoms with E-state index in [0.29, 0.717) is 5.54 Å². The molecule has 1 saturated carbocycles. The second-order valence-corrected chi connectivity index (χ2v) is 6.75. The molecule has 1 fully saturated rings. The Balaban J connectivity index is 1.90. The van der Waals surface area contributed by atoms with Crippen LogP contribution >= 0.6 is 15.9 Å². The predicted molar refractivity (Wildman–Crippen MR) is 87.3 cm³/mol. The third-order valence-corrected chi connectivity index (χ3v) is 5.10. The van der Waals surface area contributed by atoms with Crippen molar-refractivity contribution in [1.29, 1.82) is 0 Å². The van der Waals surface area contributed by atoms with Crippen LogP contribution < -0.4 is 10.1 Å². The van der Waals surface area contributed by atoms with Crippen LogP contribution in [0, 0.1) is 0 Å². The zero-order valence-electron chi connectivity index (χ0n) is 12.7. The highest BCUT2D eigenvalue weighted by atomic mass is 79.9. The smallest absolute Gasteiger partial charge is 0.133 e. The van der Waals surface area contributed by atoms with Gasteiger partial charge in [0.25, 0.3) is 0 Å². The molecule has 112 valence electrons. The Bertz CT molecular complexity index is 442. The lowest BCUT2D eigenvalue weighted by Crippen LogP contribution is -2.49. The predicted octanol–water partition coefficient (Wildman–Crippen LogP) is 3.42. The lowest BCUT2D eigenvalue weighted by molar-refractivity contribution is 0.153. The second-order valence-electron chi connectivity index (χ2n) is 5.90. The van der Waals surface area contributed by atoms with Crippen LogP contribution in [-0.2, 0) is 6.54 Å². The maximum atomic E-state index is 5.26. The Morgan fingerprint density at radius 1 is 1.30 bits per heavy atom. The van der Waals surface area contributed by atoms with E-state index < -0.39 is 0 Å². The first-order valence-electron chi connectivity index (χ1n) is 7.28. The van der Waals surface area contributed by atoms with Gasteiger partial charge in [0.05, 0.1) is 11.6 Å².